The minimum atomic E-state index is 0.0186. The van der Waals surface area contributed by atoms with E-state index in [-0.39, 0.29) is 17.9 Å². The number of amides is 1. The van der Waals surface area contributed by atoms with E-state index in [4.69, 9.17) is 9.47 Å². The van der Waals surface area contributed by atoms with Crippen LogP contribution < -0.4 is 9.64 Å². The van der Waals surface area contributed by atoms with Crippen LogP contribution in [0.5, 0.6) is 5.88 Å². The van der Waals surface area contributed by atoms with Gasteiger partial charge in [-0.1, -0.05) is 0 Å². The second kappa shape index (κ2) is 7.56. The molecule has 1 amide bonds. The second-order valence-corrected chi connectivity index (χ2v) is 7.11. The summed E-state index contributed by atoms with van der Waals surface area (Å²) in [6.07, 6.45) is 6.56. The van der Waals surface area contributed by atoms with Crippen molar-refractivity contribution in [3.8, 4) is 5.88 Å². The highest BCUT2D eigenvalue weighted by Gasteiger charge is 2.32. The molecule has 1 unspecified atom stereocenters. The first-order chi connectivity index (χ1) is 12.3. The Bertz CT molecular complexity index is 600. The fourth-order valence-electron chi connectivity index (χ4n) is 3.91. The molecule has 0 radical (unpaired) electrons. The Morgan fingerprint density at radius 2 is 1.92 bits per heavy atom. The first-order valence-electron chi connectivity index (χ1n) is 9.40. The van der Waals surface area contributed by atoms with E-state index in [1.807, 2.05) is 11.0 Å². The molecule has 1 atom stereocenters. The number of anilines is 1. The van der Waals surface area contributed by atoms with E-state index in [9.17, 15) is 4.79 Å². The molecule has 4 heterocycles. The molecule has 3 aliphatic heterocycles. The summed E-state index contributed by atoms with van der Waals surface area (Å²) in [5.41, 5.74) is 0. The Kier molecular flexibility index (Phi) is 5.01. The van der Waals surface area contributed by atoms with Gasteiger partial charge in [0.1, 0.15) is 18.2 Å². The zero-order chi connectivity index (χ0) is 17.1. The van der Waals surface area contributed by atoms with Gasteiger partial charge in [0.15, 0.2) is 0 Å². The smallest absolute Gasteiger partial charge is 0.225 e. The van der Waals surface area contributed by atoms with Crippen molar-refractivity contribution >= 4 is 11.7 Å². The Morgan fingerprint density at radius 3 is 2.72 bits per heavy atom. The predicted molar refractivity (Wildman–Crippen MR) is 92.6 cm³/mol. The van der Waals surface area contributed by atoms with E-state index in [2.05, 4.69) is 14.9 Å². The molecule has 3 saturated heterocycles. The van der Waals surface area contributed by atoms with Crippen LogP contribution in [0.25, 0.3) is 0 Å². The molecule has 3 aliphatic rings. The summed E-state index contributed by atoms with van der Waals surface area (Å²) < 4.78 is 11.4. The summed E-state index contributed by atoms with van der Waals surface area (Å²) in [6.45, 7) is 4.92. The highest BCUT2D eigenvalue weighted by Crippen LogP contribution is 2.24. The van der Waals surface area contributed by atoms with E-state index in [1.54, 1.807) is 6.33 Å². The molecule has 25 heavy (non-hydrogen) atoms. The maximum Gasteiger partial charge on any atom is 0.225 e. The van der Waals surface area contributed by atoms with Crippen molar-refractivity contribution in [1.29, 1.82) is 0 Å². The van der Waals surface area contributed by atoms with Crippen molar-refractivity contribution in [1.82, 2.24) is 14.9 Å². The number of hydrogen-bond acceptors (Lipinski definition) is 6. The number of carbonyl (C=O) groups is 1. The van der Waals surface area contributed by atoms with E-state index in [0.717, 1.165) is 44.7 Å². The number of hydrogen-bond donors (Lipinski definition) is 0. The van der Waals surface area contributed by atoms with Gasteiger partial charge in [0.25, 0.3) is 0 Å². The lowest BCUT2D eigenvalue weighted by atomic mass is 9.99. The fraction of sp³-hybridized carbons (Fsp3) is 0.722. The van der Waals surface area contributed by atoms with Crippen LogP contribution in [-0.4, -0.2) is 66.3 Å². The minimum Gasteiger partial charge on any atom is -0.472 e. The normalized spacial score (nSPS) is 24.7. The number of nitrogens with zero attached hydrogens (tertiary/aromatic N) is 4. The van der Waals surface area contributed by atoms with Crippen LogP contribution in [0.3, 0.4) is 0 Å². The minimum absolute atomic E-state index is 0.0186. The monoisotopic (exact) mass is 346 g/mol. The van der Waals surface area contributed by atoms with Crippen molar-refractivity contribution in [3.05, 3.63) is 12.4 Å². The van der Waals surface area contributed by atoms with Crippen LogP contribution in [0, 0.1) is 5.92 Å². The van der Waals surface area contributed by atoms with Crippen molar-refractivity contribution < 1.29 is 14.3 Å². The second-order valence-electron chi connectivity index (χ2n) is 7.11. The van der Waals surface area contributed by atoms with E-state index in [1.165, 1.54) is 12.8 Å². The van der Waals surface area contributed by atoms with Crippen LogP contribution in [0.1, 0.15) is 32.1 Å². The van der Waals surface area contributed by atoms with Gasteiger partial charge in [0.2, 0.25) is 11.8 Å². The first kappa shape index (κ1) is 16.6. The van der Waals surface area contributed by atoms with E-state index >= 15 is 0 Å². The average Bonchev–Trinajstić information content (AvgIpc) is 3.34. The summed E-state index contributed by atoms with van der Waals surface area (Å²) >= 11 is 0. The average molecular weight is 346 g/mol. The zero-order valence-corrected chi connectivity index (χ0v) is 14.6. The Balaban J connectivity index is 1.33. The lowest BCUT2D eigenvalue weighted by molar-refractivity contribution is -0.137. The summed E-state index contributed by atoms with van der Waals surface area (Å²) in [7, 11) is 0. The third-order valence-electron chi connectivity index (χ3n) is 5.37. The molecule has 1 aromatic heterocycles. The number of aromatic nitrogens is 2. The molecule has 0 bridgehead atoms. The van der Waals surface area contributed by atoms with Gasteiger partial charge in [-0.05, 0) is 25.7 Å². The van der Waals surface area contributed by atoms with Crippen molar-refractivity contribution in [3.63, 3.8) is 0 Å². The predicted octanol–water partition coefficient (Wildman–Crippen LogP) is 1.48. The van der Waals surface area contributed by atoms with Crippen molar-refractivity contribution in [2.24, 2.45) is 5.92 Å². The molecule has 0 N–H and O–H groups in total. The molecule has 0 aromatic carbocycles. The van der Waals surface area contributed by atoms with Gasteiger partial charge >= 0.3 is 0 Å². The molecule has 136 valence electrons. The molecule has 7 heteroatoms. The van der Waals surface area contributed by atoms with Crippen LogP contribution in [-0.2, 0) is 9.53 Å². The van der Waals surface area contributed by atoms with Crippen LogP contribution in [0.2, 0.25) is 0 Å². The SMILES string of the molecule is O=C(C1CCOCC1)N1CCC(Oc2cc(N3CCCC3)ncn2)C1. The highest BCUT2D eigenvalue weighted by molar-refractivity contribution is 5.79. The topological polar surface area (TPSA) is 67.8 Å². The Labute approximate surface area is 148 Å². The fourth-order valence-corrected chi connectivity index (χ4v) is 3.91. The first-order valence-corrected chi connectivity index (χ1v) is 9.40. The summed E-state index contributed by atoms with van der Waals surface area (Å²) in [6, 6.07) is 1.92. The quantitative estimate of drug-likeness (QED) is 0.823. The zero-order valence-electron chi connectivity index (χ0n) is 14.6. The number of likely N-dealkylation sites (tertiary alicyclic amines) is 1. The van der Waals surface area contributed by atoms with Gasteiger partial charge in [-0.3, -0.25) is 4.79 Å². The molecule has 1 aromatic rings. The van der Waals surface area contributed by atoms with Gasteiger partial charge in [-0.25, -0.2) is 9.97 Å². The highest BCUT2D eigenvalue weighted by atomic mass is 16.5. The van der Waals surface area contributed by atoms with Crippen molar-refractivity contribution in [2.75, 3.05) is 44.3 Å². The third-order valence-corrected chi connectivity index (χ3v) is 5.37. The molecule has 3 fully saturated rings. The molecule has 0 saturated carbocycles. The van der Waals surface area contributed by atoms with Crippen molar-refractivity contribution in [2.45, 2.75) is 38.2 Å². The van der Waals surface area contributed by atoms with E-state index < -0.39 is 0 Å². The van der Waals surface area contributed by atoms with Gasteiger partial charge in [0, 0.05) is 51.3 Å². The standard InChI is InChI=1S/C18H26N4O3/c23-18(14-4-9-24-10-5-14)22-8-3-15(12-22)25-17-11-16(19-13-20-17)21-6-1-2-7-21/h11,13-15H,1-10,12H2. The van der Waals surface area contributed by atoms with Gasteiger partial charge in [-0.2, -0.15) is 0 Å². The van der Waals surface area contributed by atoms with Crippen LogP contribution >= 0.6 is 0 Å². The molecular formula is C18H26N4O3. The summed E-state index contributed by atoms with van der Waals surface area (Å²) in [5, 5.41) is 0. The lowest BCUT2D eigenvalue weighted by Gasteiger charge is -2.26. The number of carbonyl (C=O) groups excluding carboxylic acids is 1. The Hall–Kier alpha value is -1.89. The van der Waals surface area contributed by atoms with Crippen LogP contribution in [0.15, 0.2) is 12.4 Å². The maximum atomic E-state index is 12.6. The van der Waals surface area contributed by atoms with Gasteiger partial charge < -0.3 is 19.3 Å². The molecule has 0 spiro atoms. The maximum absolute atomic E-state index is 12.6. The third kappa shape index (κ3) is 3.86. The Morgan fingerprint density at radius 1 is 1.12 bits per heavy atom. The van der Waals surface area contributed by atoms with Crippen LogP contribution in [0.4, 0.5) is 5.82 Å². The molecule has 0 aliphatic carbocycles. The summed E-state index contributed by atoms with van der Waals surface area (Å²) in [4.78, 5) is 25.4. The molecule has 4 rings (SSSR count). The largest absolute Gasteiger partial charge is 0.472 e. The molecular weight excluding hydrogens is 320 g/mol. The molecule has 7 nitrogen and oxygen atoms in total. The van der Waals surface area contributed by atoms with Gasteiger partial charge in [0.05, 0.1) is 6.54 Å². The lowest BCUT2D eigenvalue weighted by Crippen LogP contribution is -2.38. The number of ether oxygens (including phenoxy) is 2. The van der Waals surface area contributed by atoms with Gasteiger partial charge in [-0.15, -0.1) is 0 Å². The summed E-state index contributed by atoms with van der Waals surface area (Å²) in [5.74, 6) is 1.93. The van der Waals surface area contributed by atoms with E-state index in [0.29, 0.717) is 25.6 Å². The number of rotatable bonds is 4.